The standard InChI is InChI=1S/C19H24ClNO/c1-2-3-12-22-19-10-4-15(5-11-19)13-17(14-21)16-6-8-18(20)9-7-16/h4-11,17H,2-3,12-14,21H2,1H3. The van der Waals surface area contributed by atoms with E-state index in [9.17, 15) is 0 Å². The Morgan fingerprint density at radius 3 is 2.32 bits per heavy atom. The summed E-state index contributed by atoms with van der Waals surface area (Å²) in [6, 6.07) is 16.3. The summed E-state index contributed by atoms with van der Waals surface area (Å²) in [5.41, 5.74) is 8.45. The Morgan fingerprint density at radius 1 is 1.05 bits per heavy atom. The van der Waals surface area contributed by atoms with Gasteiger partial charge >= 0.3 is 0 Å². The van der Waals surface area contributed by atoms with Crippen molar-refractivity contribution >= 4 is 11.6 Å². The van der Waals surface area contributed by atoms with Crippen molar-refractivity contribution < 1.29 is 4.74 Å². The topological polar surface area (TPSA) is 35.2 Å². The third-order valence-corrected chi connectivity index (χ3v) is 4.05. The third kappa shape index (κ3) is 5.04. The van der Waals surface area contributed by atoms with E-state index in [2.05, 4.69) is 31.2 Å². The largest absolute Gasteiger partial charge is 0.494 e. The highest BCUT2D eigenvalue weighted by Crippen LogP contribution is 2.23. The van der Waals surface area contributed by atoms with Gasteiger partial charge in [0.2, 0.25) is 0 Å². The fraction of sp³-hybridized carbons (Fsp3) is 0.368. The lowest BCUT2D eigenvalue weighted by Gasteiger charge is -2.16. The molecule has 0 amide bonds. The van der Waals surface area contributed by atoms with Gasteiger partial charge < -0.3 is 10.5 Å². The molecule has 2 aromatic carbocycles. The van der Waals surface area contributed by atoms with Crippen LogP contribution in [0.4, 0.5) is 0 Å². The van der Waals surface area contributed by atoms with E-state index in [0.29, 0.717) is 12.5 Å². The Hall–Kier alpha value is -1.51. The molecule has 2 aromatic rings. The Kier molecular flexibility index (Phi) is 6.75. The number of unbranched alkanes of at least 4 members (excludes halogenated alkanes) is 1. The lowest BCUT2D eigenvalue weighted by Crippen LogP contribution is -2.15. The molecule has 2 nitrogen and oxygen atoms in total. The average Bonchev–Trinajstić information content (AvgIpc) is 2.55. The van der Waals surface area contributed by atoms with Crippen LogP contribution in [-0.2, 0) is 6.42 Å². The minimum Gasteiger partial charge on any atom is -0.494 e. The number of benzene rings is 2. The molecule has 0 saturated heterocycles. The molecule has 22 heavy (non-hydrogen) atoms. The molecule has 2 rings (SSSR count). The normalized spacial score (nSPS) is 12.1. The molecule has 0 fully saturated rings. The van der Waals surface area contributed by atoms with Crippen LogP contribution in [0.25, 0.3) is 0 Å². The van der Waals surface area contributed by atoms with Gasteiger partial charge in [0.05, 0.1) is 6.61 Å². The zero-order valence-electron chi connectivity index (χ0n) is 13.1. The van der Waals surface area contributed by atoms with Crippen LogP contribution in [-0.4, -0.2) is 13.2 Å². The van der Waals surface area contributed by atoms with E-state index in [4.69, 9.17) is 22.1 Å². The van der Waals surface area contributed by atoms with Crippen molar-refractivity contribution in [2.24, 2.45) is 5.73 Å². The highest BCUT2D eigenvalue weighted by Gasteiger charge is 2.10. The van der Waals surface area contributed by atoms with Crippen LogP contribution in [0.15, 0.2) is 48.5 Å². The number of hydrogen-bond donors (Lipinski definition) is 1. The van der Waals surface area contributed by atoms with Crippen molar-refractivity contribution in [2.45, 2.75) is 32.1 Å². The smallest absolute Gasteiger partial charge is 0.119 e. The van der Waals surface area contributed by atoms with Crippen molar-refractivity contribution in [3.8, 4) is 5.75 Å². The summed E-state index contributed by atoms with van der Waals surface area (Å²) in [5.74, 6) is 1.25. The van der Waals surface area contributed by atoms with Gasteiger partial charge in [0.25, 0.3) is 0 Å². The maximum Gasteiger partial charge on any atom is 0.119 e. The summed E-state index contributed by atoms with van der Waals surface area (Å²) in [5, 5.41) is 0.758. The van der Waals surface area contributed by atoms with Crippen LogP contribution in [0.3, 0.4) is 0 Å². The zero-order chi connectivity index (χ0) is 15.8. The zero-order valence-corrected chi connectivity index (χ0v) is 13.9. The molecule has 0 aliphatic rings. The first kappa shape index (κ1) is 16.9. The van der Waals surface area contributed by atoms with Gasteiger partial charge in [-0.2, -0.15) is 0 Å². The van der Waals surface area contributed by atoms with Crippen molar-refractivity contribution in [2.75, 3.05) is 13.2 Å². The van der Waals surface area contributed by atoms with Crippen molar-refractivity contribution in [1.29, 1.82) is 0 Å². The molecule has 2 N–H and O–H groups in total. The molecule has 118 valence electrons. The molecule has 0 spiro atoms. The molecule has 0 aromatic heterocycles. The lowest BCUT2D eigenvalue weighted by molar-refractivity contribution is 0.309. The van der Waals surface area contributed by atoms with Crippen LogP contribution < -0.4 is 10.5 Å². The average molecular weight is 318 g/mol. The molecule has 0 bridgehead atoms. The van der Waals surface area contributed by atoms with Crippen LogP contribution in [0.2, 0.25) is 5.02 Å². The predicted octanol–water partition coefficient (Wildman–Crippen LogP) is 4.80. The van der Waals surface area contributed by atoms with E-state index in [1.54, 1.807) is 0 Å². The number of rotatable bonds is 8. The number of halogens is 1. The lowest BCUT2D eigenvalue weighted by atomic mass is 9.92. The molecule has 0 saturated carbocycles. The minimum absolute atomic E-state index is 0.309. The van der Waals surface area contributed by atoms with Gasteiger partial charge in [-0.1, -0.05) is 49.2 Å². The number of nitrogens with two attached hydrogens (primary N) is 1. The Balaban J connectivity index is 1.97. The molecular formula is C19H24ClNO. The van der Waals surface area contributed by atoms with Gasteiger partial charge in [-0.3, -0.25) is 0 Å². The predicted molar refractivity (Wildman–Crippen MR) is 93.8 cm³/mol. The third-order valence-electron chi connectivity index (χ3n) is 3.80. The summed E-state index contributed by atoms with van der Waals surface area (Å²) in [4.78, 5) is 0. The quantitative estimate of drug-likeness (QED) is 0.709. The van der Waals surface area contributed by atoms with Crippen LogP contribution in [0.1, 0.15) is 36.8 Å². The Morgan fingerprint density at radius 2 is 1.73 bits per heavy atom. The second-order valence-corrected chi connectivity index (χ2v) is 5.97. The summed E-state index contributed by atoms with van der Waals surface area (Å²) in [7, 11) is 0. The van der Waals surface area contributed by atoms with Crippen molar-refractivity contribution in [1.82, 2.24) is 0 Å². The van der Waals surface area contributed by atoms with Gasteiger partial charge in [0.1, 0.15) is 5.75 Å². The van der Waals surface area contributed by atoms with Gasteiger partial charge in [-0.25, -0.2) is 0 Å². The molecule has 3 heteroatoms. The number of hydrogen-bond acceptors (Lipinski definition) is 2. The van der Waals surface area contributed by atoms with E-state index >= 15 is 0 Å². The van der Waals surface area contributed by atoms with Gasteiger partial charge in [0, 0.05) is 10.9 Å². The first-order valence-corrected chi connectivity index (χ1v) is 8.28. The monoisotopic (exact) mass is 317 g/mol. The minimum atomic E-state index is 0.309. The molecule has 0 aliphatic carbocycles. The van der Waals surface area contributed by atoms with E-state index in [-0.39, 0.29) is 0 Å². The SMILES string of the molecule is CCCCOc1ccc(CC(CN)c2ccc(Cl)cc2)cc1. The first-order valence-electron chi connectivity index (χ1n) is 7.90. The van der Waals surface area contributed by atoms with Gasteiger partial charge in [-0.05, 0) is 54.8 Å². The Labute approximate surface area is 138 Å². The molecule has 1 unspecified atom stereocenters. The number of ether oxygens (including phenoxy) is 1. The second-order valence-electron chi connectivity index (χ2n) is 5.53. The second kappa shape index (κ2) is 8.82. The molecule has 0 aliphatic heterocycles. The van der Waals surface area contributed by atoms with Crippen LogP contribution in [0.5, 0.6) is 5.75 Å². The van der Waals surface area contributed by atoms with Crippen molar-refractivity contribution in [3.05, 3.63) is 64.7 Å². The summed E-state index contributed by atoms with van der Waals surface area (Å²) < 4.78 is 5.69. The highest BCUT2D eigenvalue weighted by atomic mass is 35.5. The molecule has 0 heterocycles. The van der Waals surface area contributed by atoms with E-state index in [1.807, 2.05) is 24.3 Å². The van der Waals surface area contributed by atoms with Crippen LogP contribution >= 0.6 is 11.6 Å². The van der Waals surface area contributed by atoms with Gasteiger partial charge in [-0.15, -0.1) is 0 Å². The Bertz CT molecular complexity index is 551. The summed E-state index contributed by atoms with van der Waals surface area (Å²) in [6.45, 7) is 3.57. The van der Waals surface area contributed by atoms with E-state index in [1.165, 1.54) is 11.1 Å². The fourth-order valence-electron chi connectivity index (χ4n) is 2.41. The highest BCUT2D eigenvalue weighted by molar-refractivity contribution is 6.30. The summed E-state index contributed by atoms with van der Waals surface area (Å²) >= 11 is 5.94. The maximum atomic E-state index is 5.94. The van der Waals surface area contributed by atoms with E-state index < -0.39 is 0 Å². The molecule has 0 radical (unpaired) electrons. The first-order chi connectivity index (χ1) is 10.7. The van der Waals surface area contributed by atoms with Gasteiger partial charge in [0.15, 0.2) is 0 Å². The van der Waals surface area contributed by atoms with E-state index in [0.717, 1.165) is 36.6 Å². The molecule has 1 atom stereocenters. The molecular weight excluding hydrogens is 294 g/mol. The summed E-state index contributed by atoms with van der Waals surface area (Å²) in [6.07, 6.45) is 3.16. The van der Waals surface area contributed by atoms with Crippen molar-refractivity contribution in [3.63, 3.8) is 0 Å². The fourth-order valence-corrected chi connectivity index (χ4v) is 2.54. The maximum absolute atomic E-state index is 5.94. The van der Waals surface area contributed by atoms with Crippen LogP contribution in [0, 0.1) is 0 Å².